The molecule has 108 valence electrons. The zero-order valence-corrected chi connectivity index (χ0v) is 12.3. The van der Waals surface area contributed by atoms with E-state index in [1.54, 1.807) is 4.90 Å². The van der Waals surface area contributed by atoms with Crippen LogP contribution in [0.25, 0.3) is 0 Å². The van der Waals surface area contributed by atoms with Crippen LogP contribution in [0, 0.1) is 0 Å². The summed E-state index contributed by atoms with van der Waals surface area (Å²) in [5.41, 5.74) is 0. The zero-order valence-electron chi connectivity index (χ0n) is 10.6. The Hall–Kier alpha value is -0.760. The summed E-state index contributed by atoms with van der Waals surface area (Å²) in [4.78, 5) is 24.9. The number of nitrogens with zero attached hydrogens (tertiary/aromatic N) is 1. The number of amides is 2. The second kappa shape index (κ2) is 6.13. The van der Waals surface area contributed by atoms with Crippen LogP contribution in [-0.2, 0) is 19.4 Å². The fourth-order valence-electron chi connectivity index (χ4n) is 2.19. The highest BCUT2D eigenvalue weighted by Gasteiger charge is 2.29. The van der Waals surface area contributed by atoms with E-state index in [-0.39, 0.29) is 40.9 Å². The number of thioether (sulfide) groups is 1. The Morgan fingerprint density at radius 2 is 2.26 bits per heavy atom. The second-order valence-electron chi connectivity index (χ2n) is 4.85. The van der Waals surface area contributed by atoms with Crippen molar-refractivity contribution in [1.29, 1.82) is 0 Å². The molecule has 0 radical (unpaired) electrons. The van der Waals surface area contributed by atoms with Crippen molar-refractivity contribution in [1.82, 2.24) is 10.2 Å². The summed E-state index contributed by atoms with van der Waals surface area (Å²) in [6.45, 7) is 1.31. The van der Waals surface area contributed by atoms with Gasteiger partial charge < -0.3 is 10.2 Å². The summed E-state index contributed by atoms with van der Waals surface area (Å²) in [5, 5.41) is 2.74. The first kappa shape index (κ1) is 14.6. The van der Waals surface area contributed by atoms with Gasteiger partial charge in [-0.1, -0.05) is 0 Å². The number of carbonyl (C=O) groups is 2. The van der Waals surface area contributed by atoms with Crippen molar-refractivity contribution in [3.63, 3.8) is 0 Å². The molecular weight excluding hydrogens is 288 g/mol. The lowest BCUT2D eigenvalue weighted by Gasteiger charge is -2.19. The third kappa shape index (κ3) is 4.38. The van der Waals surface area contributed by atoms with E-state index in [0.29, 0.717) is 19.5 Å². The SMILES string of the molecule is O=C1CN(C(=O)CSC2CCS(=O)(=O)C2)CCCN1. The molecule has 0 saturated carbocycles. The van der Waals surface area contributed by atoms with Crippen molar-refractivity contribution < 1.29 is 18.0 Å². The predicted molar refractivity (Wildman–Crippen MR) is 73.7 cm³/mol. The van der Waals surface area contributed by atoms with E-state index in [1.165, 1.54) is 11.8 Å². The molecule has 1 unspecified atom stereocenters. The largest absolute Gasteiger partial charge is 0.354 e. The minimum Gasteiger partial charge on any atom is -0.354 e. The average molecular weight is 306 g/mol. The van der Waals surface area contributed by atoms with Gasteiger partial charge in [0, 0.05) is 18.3 Å². The summed E-state index contributed by atoms with van der Waals surface area (Å²) in [5.74, 6) is 0.454. The van der Waals surface area contributed by atoms with Gasteiger partial charge in [0.2, 0.25) is 11.8 Å². The second-order valence-corrected chi connectivity index (χ2v) is 8.37. The molecule has 0 aromatic heterocycles. The van der Waals surface area contributed by atoms with Crippen LogP contribution < -0.4 is 5.32 Å². The van der Waals surface area contributed by atoms with Crippen LogP contribution in [0.3, 0.4) is 0 Å². The molecule has 2 amide bonds. The van der Waals surface area contributed by atoms with Crippen molar-refractivity contribution in [2.45, 2.75) is 18.1 Å². The Labute approximate surface area is 117 Å². The van der Waals surface area contributed by atoms with Gasteiger partial charge in [0.1, 0.15) is 0 Å². The Morgan fingerprint density at radius 3 is 2.95 bits per heavy atom. The Bertz CT molecular complexity index is 463. The molecular formula is C11H18N2O4S2. The highest BCUT2D eigenvalue weighted by Crippen LogP contribution is 2.24. The maximum absolute atomic E-state index is 12.0. The smallest absolute Gasteiger partial charge is 0.239 e. The van der Waals surface area contributed by atoms with Gasteiger partial charge >= 0.3 is 0 Å². The number of carbonyl (C=O) groups excluding carboxylic acids is 2. The van der Waals surface area contributed by atoms with Crippen LogP contribution in [0.15, 0.2) is 0 Å². The normalized spacial score (nSPS) is 26.8. The van der Waals surface area contributed by atoms with Crippen LogP contribution in [0.2, 0.25) is 0 Å². The standard InChI is InChI=1S/C11H18N2O4S2/c14-10-6-13(4-1-3-12-10)11(15)7-18-9-2-5-19(16,17)8-9/h9H,1-8H2,(H,12,14). The highest BCUT2D eigenvalue weighted by atomic mass is 32.2. The molecule has 0 spiro atoms. The van der Waals surface area contributed by atoms with Gasteiger partial charge in [-0.25, -0.2) is 8.42 Å². The lowest BCUT2D eigenvalue weighted by atomic mass is 10.4. The van der Waals surface area contributed by atoms with E-state index in [9.17, 15) is 18.0 Å². The molecule has 2 saturated heterocycles. The number of nitrogens with one attached hydrogen (secondary N) is 1. The predicted octanol–water partition coefficient (Wildman–Crippen LogP) is -0.745. The maximum atomic E-state index is 12.0. The van der Waals surface area contributed by atoms with Gasteiger partial charge in [0.15, 0.2) is 9.84 Å². The number of hydrogen-bond acceptors (Lipinski definition) is 5. The minimum atomic E-state index is -2.89. The zero-order chi connectivity index (χ0) is 13.9. The van der Waals surface area contributed by atoms with Crippen LogP contribution in [0.5, 0.6) is 0 Å². The molecule has 2 fully saturated rings. The van der Waals surface area contributed by atoms with Gasteiger partial charge in [-0.2, -0.15) is 0 Å². The van der Waals surface area contributed by atoms with E-state index >= 15 is 0 Å². The fraction of sp³-hybridized carbons (Fsp3) is 0.818. The van der Waals surface area contributed by atoms with E-state index in [0.717, 1.165) is 6.42 Å². The first-order valence-electron chi connectivity index (χ1n) is 6.33. The molecule has 0 aromatic rings. The number of sulfone groups is 1. The van der Waals surface area contributed by atoms with Crippen molar-refractivity contribution >= 4 is 33.4 Å². The molecule has 2 aliphatic heterocycles. The van der Waals surface area contributed by atoms with Crippen molar-refractivity contribution in [3.05, 3.63) is 0 Å². The quantitative estimate of drug-likeness (QED) is 0.742. The Morgan fingerprint density at radius 1 is 1.47 bits per heavy atom. The summed E-state index contributed by atoms with van der Waals surface area (Å²) in [6.07, 6.45) is 1.39. The van der Waals surface area contributed by atoms with Gasteiger partial charge in [0.25, 0.3) is 0 Å². The van der Waals surface area contributed by atoms with E-state index in [2.05, 4.69) is 5.32 Å². The Balaban J connectivity index is 1.79. The molecule has 1 atom stereocenters. The van der Waals surface area contributed by atoms with E-state index in [4.69, 9.17) is 0 Å². The van der Waals surface area contributed by atoms with E-state index < -0.39 is 9.84 Å². The van der Waals surface area contributed by atoms with Gasteiger partial charge in [0.05, 0.1) is 23.8 Å². The molecule has 1 N–H and O–H groups in total. The molecule has 6 nitrogen and oxygen atoms in total. The van der Waals surface area contributed by atoms with Gasteiger partial charge in [-0.05, 0) is 12.8 Å². The number of hydrogen-bond donors (Lipinski definition) is 1. The fourth-order valence-corrected chi connectivity index (χ4v) is 5.74. The maximum Gasteiger partial charge on any atom is 0.239 e. The average Bonchev–Trinajstić information content (AvgIpc) is 2.56. The number of rotatable bonds is 3. The van der Waals surface area contributed by atoms with Gasteiger partial charge in [-0.3, -0.25) is 9.59 Å². The molecule has 0 aromatic carbocycles. The monoisotopic (exact) mass is 306 g/mol. The van der Waals surface area contributed by atoms with Crippen molar-refractivity contribution in [2.75, 3.05) is 36.9 Å². The lowest BCUT2D eigenvalue weighted by molar-refractivity contribution is -0.133. The van der Waals surface area contributed by atoms with E-state index in [1.807, 2.05) is 0 Å². The van der Waals surface area contributed by atoms with Crippen LogP contribution in [0.4, 0.5) is 0 Å². The van der Waals surface area contributed by atoms with Gasteiger partial charge in [-0.15, -0.1) is 11.8 Å². The Kier molecular flexibility index (Phi) is 4.72. The third-order valence-electron chi connectivity index (χ3n) is 3.25. The third-order valence-corrected chi connectivity index (χ3v) is 6.51. The minimum absolute atomic E-state index is 0.0229. The molecule has 2 rings (SSSR count). The molecule has 2 heterocycles. The lowest BCUT2D eigenvalue weighted by Crippen LogP contribution is -2.38. The topological polar surface area (TPSA) is 83.6 Å². The summed E-state index contributed by atoms with van der Waals surface area (Å²) >= 11 is 1.39. The van der Waals surface area contributed by atoms with Crippen molar-refractivity contribution in [2.24, 2.45) is 0 Å². The summed E-state index contributed by atoms with van der Waals surface area (Å²) in [7, 11) is -2.89. The summed E-state index contributed by atoms with van der Waals surface area (Å²) in [6, 6.07) is 0. The van der Waals surface area contributed by atoms with Crippen LogP contribution in [0.1, 0.15) is 12.8 Å². The molecule has 19 heavy (non-hydrogen) atoms. The molecule has 8 heteroatoms. The van der Waals surface area contributed by atoms with Crippen LogP contribution >= 0.6 is 11.8 Å². The molecule has 0 bridgehead atoms. The summed E-state index contributed by atoms with van der Waals surface area (Å²) < 4.78 is 22.6. The molecule has 0 aliphatic carbocycles. The first-order chi connectivity index (χ1) is 8.96. The van der Waals surface area contributed by atoms with Crippen LogP contribution in [-0.4, -0.2) is 67.3 Å². The highest BCUT2D eigenvalue weighted by molar-refractivity contribution is 8.02. The first-order valence-corrected chi connectivity index (χ1v) is 9.20. The molecule has 2 aliphatic rings. The van der Waals surface area contributed by atoms with Crippen molar-refractivity contribution in [3.8, 4) is 0 Å².